The van der Waals surface area contributed by atoms with E-state index >= 15 is 0 Å². The lowest BCUT2D eigenvalue weighted by molar-refractivity contribution is -0.366. The van der Waals surface area contributed by atoms with Crippen LogP contribution in [0.3, 0.4) is 0 Å². The smallest absolute Gasteiger partial charge is 0.309 e. The molecule has 9 nitrogen and oxygen atoms in total. The summed E-state index contributed by atoms with van der Waals surface area (Å²) in [6, 6.07) is 0. The van der Waals surface area contributed by atoms with Gasteiger partial charge in [0.1, 0.15) is 30.5 Å². The number of hydrogen-bond donors (Lipinski definition) is 4. The predicted molar refractivity (Wildman–Crippen MR) is 102 cm³/mol. The summed E-state index contributed by atoms with van der Waals surface area (Å²) in [6.45, 7) is 6.11. The quantitative estimate of drug-likeness (QED) is 0.448. The Labute approximate surface area is 176 Å². The minimum absolute atomic E-state index is 0.0533. The second kappa shape index (κ2) is 8.27. The third kappa shape index (κ3) is 3.58. The average Bonchev–Trinajstić information content (AvgIpc) is 2.89. The molecule has 3 heterocycles. The summed E-state index contributed by atoms with van der Waals surface area (Å²) in [6.07, 6.45) is -5.26. The van der Waals surface area contributed by atoms with Crippen LogP contribution >= 0.6 is 0 Å². The summed E-state index contributed by atoms with van der Waals surface area (Å²) in [4.78, 5) is 12.2. The van der Waals surface area contributed by atoms with Crippen LogP contribution in [0.2, 0.25) is 0 Å². The van der Waals surface area contributed by atoms with E-state index in [0.29, 0.717) is 13.0 Å². The lowest BCUT2D eigenvalue weighted by Crippen LogP contribution is -2.61. The Hall–Kier alpha value is -0.810. The lowest BCUT2D eigenvalue weighted by atomic mass is 9.65. The number of aliphatic hydroxyl groups excluding tert-OH is 4. The number of carbonyl (C=O) groups is 1. The SMILES string of the molecule is C[C@@H]1C(=O)O[C@H]2C[C@H](C)[C@H]3CCO[C@@H](O[C@@H]4O[C@H](CO)[C@@H](O)[C@H](O)[C@H]4O)[C@]3(C)C[C@H]21. The van der Waals surface area contributed by atoms with Crippen molar-refractivity contribution >= 4 is 5.97 Å². The zero-order valence-corrected chi connectivity index (χ0v) is 17.7. The van der Waals surface area contributed by atoms with Crippen LogP contribution in [0, 0.1) is 29.1 Å². The van der Waals surface area contributed by atoms with E-state index in [9.17, 15) is 25.2 Å². The number of carbonyl (C=O) groups excluding carboxylic acids is 1. The molecule has 4 fully saturated rings. The van der Waals surface area contributed by atoms with Crippen LogP contribution in [0.15, 0.2) is 0 Å². The molecule has 0 bridgehead atoms. The van der Waals surface area contributed by atoms with Crippen molar-refractivity contribution in [1.82, 2.24) is 0 Å². The number of rotatable bonds is 3. The second-order valence-electron chi connectivity index (χ2n) is 9.78. The molecule has 0 amide bonds. The molecule has 4 aliphatic rings. The Balaban J connectivity index is 1.58. The highest BCUT2D eigenvalue weighted by atomic mass is 16.8. The molecular formula is C21H34O9. The van der Waals surface area contributed by atoms with E-state index in [1.54, 1.807) is 0 Å². The van der Waals surface area contributed by atoms with Crippen molar-refractivity contribution in [3.05, 3.63) is 0 Å². The Morgan fingerprint density at radius 1 is 1.17 bits per heavy atom. The molecule has 1 aliphatic carbocycles. The predicted octanol–water partition coefficient (Wildman–Crippen LogP) is -0.221. The Morgan fingerprint density at radius 3 is 2.60 bits per heavy atom. The highest BCUT2D eigenvalue weighted by Gasteiger charge is 2.57. The maximum absolute atomic E-state index is 12.2. The number of hydrogen-bond acceptors (Lipinski definition) is 9. The molecule has 30 heavy (non-hydrogen) atoms. The van der Waals surface area contributed by atoms with Crippen molar-refractivity contribution in [2.24, 2.45) is 29.1 Å². The molecule has 3 saturated heterocycles. The molecule has 12 atom stereocenters. The van der Waals surface area contributed by atoms with Crippen molar-refractivity contribution in [2.75, 3.05) is 13.2 Å². The monoisotopic (exact) mass is 430 g/mol. The Kier molecular flexibility index (Phi) is 6.17. The molecule has 0 aromatic heterocycles. The van der Waals surface area contributed by atoms with Gasteiger partial charge in [0, 0.05) is 11.3 Å². The normalized spacial score (nSPS) is 54.1. The Morgan fingerprint density at radius 2 is 1.90 bits per heavy atom. The van der Waals surface area contributed by atoms with Crippen LogP contribution in [0.4, 0.5) is 0 Å². The summed E-state index contributed by atoms with van der Waals surface area (Å²) < 4.78 is 23.3. The fourth-order valence-corrected chi connectivity index (χ4v) is 6.09. The summed E-state index contributed by atoms with van der Waals surface area (Å²) >= 11 is 0. The summed E-state index contributed by atoms with van der Waals surface area (Å²) in [5, 5.41) is 40.0. The first-order valence-electron chi connectivity index (χ1n) is 11.0. The van der Waals surface area contributed by atoms with Gasteiger partial charge in [0.15, 0.2) is 12.6 Å². The molecule has 0 spiro atoms. The molecule has 3 aliphatic heterocycles. The minimum Gasteiger partial charge on any atom is -0.462 e. The van der Waals surface area contributed by atoms with E-state index in [2.05, 4.69) is 13.8 Å². The van der Waals surface area contributed by atoms with E-state index in [1.165, 1.54) is 0 Å². The fraction of sp³-hybridized carbons (Fsp3) is 0.952. The maximum Gasteiger partial charge on any atom is 0.309 e. The van der Waals surface area contributed by atoms with E-state index in [-0.39, 0.29) is 35.7 Å². The highest BCUT2D eigenvalue weighted by molar-refractivity contribution is 5.74. The minimum atomic E-state index is -1.51. The van der Waals surface area contributed by atoms with Gasteiger partial charge in [-0.15, -0.1) is 0 Å². The molecule has 0 radical (unpaired) electrons. The van der Waals surface area contributed by atoms with Crippen molar-refractivity contribution in [2.45, 2.75) is 83.1 Å². The van der Waals surface area contributed by atoms with Gasteiger partial charge in [0.25, 0.3) is 0 Å². The van der Waals surface area contributed by atoms with Crippen LogP contribution in [-0.4, -0.2) is 82.7 Å². The van der Waals surface area contributed by atoms with Gasteiger partial charge in [0.05, 0.1) is 19.1 Å². The van der Waals surface area contributed by atoms with E-state index in [4.69, 9.17) is 18.9 Å². The number of aliphatic hydroxyl groups is 4. The lowest BCUT2D eigenvalue weighted by Gasteiger charge is -2.50. The third-order valence-electron chi connectivity index (χ3n) is 7.92. The van der Waals surface area contributed by atoms with Crippen LogP contribution in [0.5, 0.6) is 0 Å². The van der Waals surface area contributed by atoms with Crippen molar-refractivity contribution in [3.8, 4) is 0 Å². The maximum atomic E-state index is 12.2. The fourth-order valence-electron chi connectivity index (χ4n) is 6.09. The topological polar surface area (TPSA) is 135 Å². The zero-order valence-electron chi connectivity index (χ0n) is 17.7. The third-order valence-corrected chi connectivity index (χ3v) is 7.92. The first-order chi connectivity index (χ1) is 14.2. The number of esters is 1. The molecule has 1 saturated carbocycles. The highest BCUT2D eigenvalue weighted by Crippen LogP contribution is 2.55. The molecule has 9 heteroatoms. The van der Waals surface area contributed by atoms with Gasteiger partial charge < -0.3 is 39.4 Å². The molecule has 0 unspecified atom stereocenters. The summed E-state index contributed by atoms with van der Waals surface area (Å²) in [5.41, 5.74) is -0.460. The van der Waals surface area contributed by atoms with Gasteiger partial charge in [0.2, 0.25) is 0 Å². The van der Waals surface area contributed by atoms with Gasteiger partial charge in [-0.1, -0.05) is 20.8 Å². The van der Waals surface area contributed by atoms with Crippen molar-refractivity contribution in [1.29, 1.82) is 0 Å². The van der Waals surface area contributed by atoms with Gasteiger partial charge >= 0.3 is 5.97 Å². The van der Waals surface area contributed by atoms with E-state index < -0.39 is 49.0 Å². The molecular weight excluding hydrogens is 396 g/mol. The van der Waals surface area contributed by atoms with Gasteiger partial charge in [-0.05, 0) is 31.1 Å². The van der Waals surface area contributed by atoms with Crippen LogP contribution in [0.1, 0.15) is 40.0 Å². The van der Waals surface area contributed by atoms with Crippen LogP contribution in [-0.2, 0) is 23.7 Å². The number of ether oxygens (including phenoxy) is 4. The Bertz CT molecular complexity index is 642. The van der Waals surface area contributed by atoms with Crippen LogP contribution in [0.25, 0.3) is 0 Å². The van der Waals surface area contributed by atoms with E-state index in [0.717, 1.165) is 12.8 Å². The largest absolute Gasteiger partial charge is 0.462 e. The van der Waals surface area contributed by atoms with Crippen LogP contribution < -0.4 is 0 Å². The average molecular weight is 430 g/mol. The first-order valence-corrected chi connectivity index (χ1v) is 11.0. The summed E-state index contributed by atoms with van der Waals surface area (Å²) in [5.74, 6) is 0.234. The molecule has 0 aromatic carbocycles. The van der Waals surface area contributed by atoms with E-state index in [1.807, 2.05) is 6.92 Å². The van der Waals surface area contributed by atoms with Gasteiger partial charge in [-0.25, -0.2) is 0 Å². The molecule has 172 valence electrons. The first kappa shape index (κ1) is 22.4. The van der Waals surface area contributed by atoms with Gasteiger partial charge in [-0.2, -0.15) is 0 Å². The molecule has 4 rings (SSSR count). The second-order valence-corrected chi connectivity index (χ2v) is 9.78. The standard InChI is InChI=1S/C21H34O9/c1-9-6-13-11(10(2)18(26)28-13)7-21(3)12(9)4-5-27-20(21)30-19-17(25)16(24)15(23)14(8-22)29-19/h9-17,19-20,22-25H,4-8H2,1-3H3/t9-,10-,11-,12+,13-,14+,15+,16-,17+,19-,20-,21+/m0/s1. The molecule has 0 aromatic rings. The zero-order chi connectivity index (χ0) is 21.8. The van der Waals surface area contributed by atoms with Crippen molar-refractivity contribution in [3.63, 3.8) is 0 Å². The summed E-state index contributed by atoms with van der Waals surface area (Å²) in [7, 11) is 0. The van der Waals surface area contributed by atoms with Gasteiger partial charge in [-0.3, -0.25) is 4.79 Å². The van der Waals surface area contributed by atoms with Crippen molar-refractivity contribution < 1.29 is 44.2 Å². The molecule has 4 N–H and O–H groups in total. The number of fused-ring (bicyclic) bond motifs is 2.